The molecule has 3 unspecified atom stereocenters. The first-order valence-electron chi connectivity index (χ1n) is 7.23. The summed E-state index contributed by atoms with van der Waals surface area (Å²) in [6.07, 6.45) is -1.35. The Bertz CT molecular complexity index is 895. The normalized spacial score (nSPS) is 27.7. The van der Waals surface area contributed by atoms with Crippen LogP contribution < -0.4 is 11.1 Å². The van der Waals surface area contributed by atoms with Crippen molar-refractivity contribution < 1.29 is 29.4 Å². The highest BCUT2D eigenvalue weighted by molar-refractivity contribution is 8.00. The SMILES string of the molecule is Nc1nc(C(=NO)C(=O)NC2C(=O)N3C4=C(CSC23)C(O)OC4=O)cs1. The summed E-state index contributed by atoms with van der Waals surface area (Å²) in [5.41, 5.74) is 5.57. The monoisotopic (exact) mass is 397 g/mol. The van der Waals surface area contributed by atoms with Crippen LogP contribution in [0.2, 0.25) is 0 Å². The van der Waals surface area contributed by atoms with Gasteiger partial charge in [-0.2, -0.15) is 0 Å². The summed E-state index contributed by atoms with van der Waals surface area (Å²) in [5.74, 6) is -1.81. The molecular formula is C13H11N5O6S2. The van der Waals surface area contributed by atoms with Crippen LogP contribution in [0.1, 0.15) is 5.69 Å². The van der Waals surface area contributed by atoms with E-state index in [1.165, 1.54) is 22.0 Å². The molecule has 0 bridgehead atoms. The standard InChI is InChI=1S/C13H11N5O6S2/c14-13-15-4(2-26-13)5(17-23)8(19)16-6-9(20)18-7-3(1-25-10(6)18)11(21)24-12(7)22/h2,6,10-11,21,23H,1H2,(H2,14,15)(H,16,19). The molecule has 1 aromatic heterocycles. The van der Waals surface area contributed by atoms with Gasteiger partial charge in [0.2, 0.25) is 6.29 Å². The molecule has 1 saturated heterocycles. The lowest BCUT2D eigenvalue weighted by atomic mass is 10.0. The average molecular weight is 397 g/mol. The molecule has 3 aliphatic rings. The molecule has 3 aliphatic heterocycles. The molecule has 0 saturated carbocycles. The number of thioether (sulfide) groups is 1. The molecule has 5 N–H and O–H groups in total. The summed E-state index contributed by atoms with van der Waals surface area (Å²) >= 11 is 2.34. The third kappa shape index (κ3) is 2.35. The Labute approximate surface area is 153 Å². The first kappa shape index (κ1) is 16.8. The van der Waals surface area contributed by atoms with Crippen molar-refractivity contribution in [2.45, 2.75) is 17.7 Å². The van der Waals surface area contributed by atoms with E-state index in [0.29, 0.717) is 5.57 Å². The Balaban J connectivity index is 1.51. The highest BCUT2D eigenvalue weighted by Crippen LogP contribution is 2.43. The third-order valence-electron chi connectivity index (χ3n) is 4.07. The van der Waals surface area contributed by atoms with Crippen molar-refractivity contribution in [2.75, 3.05) is 11.5 Å². The second kappa shape index (κ2) is 5.96. The van der Waals surface area contributed by atoms with E-state index < -0.39 is 35.5 Å². The van der Waals surface area contributed by atoms with Crippen LogP contribution in [0, 0.1) is 0 Å². The summed E-state index contributed by atoms with van der Waals surface area (Å²) in [6, 6.07) is -0.917. The molecule has 11 nitrogen and oxygen atoms in total. The number of hydrogen-bond acceptors (Lipinski definition) is 11. The maximum atomic E-state index is 12.4. The van der Waals surface area contributed by atoms with E-state index in [1.807, 2.05) is 0 Å². The molecule has 136 valence electrons. The number of amides is 2. The molecule has 1 aromatic rings. The van der Waals surface area contributed by atoms with E-state index in [2.05, 4.69) is 15.5 Å². The van der Waals surface area contributed by atoms with Crippen LogP contribution in [-0.2, 0) is 19.1 Å². The number of esters is 1. The topological polar surface area (TPSA) is 167 Å². The van der Waals surface area contributed by atoms with Gasteiger partial charge in [0.25, 0.3) is 11.8 Å². The average Bonchev–Trinajstić information content (AvgIpc) is 3.15. The Kier molecular flexibility index (Phi) is 3.86. The molecule has 3 atom stereocenters. The number of nitrogens with zero attached hydrogens (tertiary/aromatic N) is 3. The van der Waals surface area contributed by atoms with Crippen molar-refractivity contribution in [1.82, 2.24) is 15.2 Å². The van der Waals surface area contributed by atoms with Crippen LogP contribution in [0.3, 0.4) is 0 Å². The number of carbonyl (C=O) groups is 3. The fourth-order valence-electron chi connectivity index (χ4n) is 2.87. The van der Waals surface area contributed by atoms with Gasteiger partial charge in [-0.25, -0.2) is 9.78 Å². The second-order valence-electron chi connectivity index (χ2n) is 5.51. The number of nitrogens with two attached hydrogens (primary N) is 1. The Morgan fingerprint density at radius 2 is 2.27 bits per heavy atom. The quantitative estimate of drug-likeness (QED) is 0.155. The van der Waals surface area contributed by atoms with Gasteiger partial charge in [-0.05, 0) is 0 Å². The van der Waals surface area contributed by atoms with E-state index in [0.717, 1.165) is 11.3 Å². The zero-order valence-electron chi connectivity index (χ0n) is 12.8. The number of fused-ring (bicyclic) bond motifs is 2. The van der Waals surface area contributed by atoms with Crippen LogP contribution in [-0.4, -0.2) is 67.2 Å². The predicted octanol–water partition coefficient (Wildman–Crippen LogP) is -1.57. The van der Waals surface area contributed by atoms with Crippen molar-refractivity contribution in [2.24, 2.45) is 5.16 Å². The molecule has 0 radical (unpaired) electrons. The van der Waals surface area contributed by atoms with Gasteiger partial charge in [0.1, 0.15) is 22.8 Å². The van der Waals surface area contributed by atoms with Gasteiger partial charge in [0, 0.05) is 16.7 Å². The third-order valence-corrected chi connectivity index (χ3v) is 6.05. The fourth-order valence-corrected chi connectivity index (χ4v) is 4.78. The van der Waals surface area contributed by atoms with Gasteiger partial charge in [-0.3, -0.25) is 14.5 Å². The second-order valence-corrected chi connectivity index (χ2v) is 7.51. The Hall–Kier alpha value is -2.64. The maximum Gasteiger partial charge on any atom is 0.357 e. The highest BCUT2D eigenvalue weighted by atomic mass is 32.2. The van der Waals surface area contributed by atoms with Crippen molar-refractivity contribution >= 4 is 51.7 Å². The van der Waals surface area contributed by atoms with Gasteiger partial charge in [0.05, 0.1) is 0 Å². The number of nitrogen functional groups attached to an aromatic ring is 1. The first-order valence-corrected chi connectivity index (χ1v) is 9.16. The minimum atomic E-state index is -1.35. The molecule has 13 heteroatoms. The lowest BCUT2D eigenvalue weighted by molar-refractivity contribution is -0.157. The number of ether oxygens (including phenoxy) is 1. The predicted molar refractivity (Wildman–Crippen MR) is 89.0 cm³/mol. The number of rotatable bonds is 3. The molecule has 4 rings (SSSR count). The van der Waals surface area contributed by atoms with Gasteiger partial charge < -0.3 is 26.1 Å². The van der Waals surface area contributed by atoms with Crippen molar-refractivity contribution in [1.29, 1.82) is 0 Å². The number of β-lactam (4-membered cyclic amide) rings is 1. The van der Waals surface area contributed by atoms with Gasteiger partial charge >= 0.3 is 5.97 Å². The number of hydrogen-bond donors (Lipinski definition) is 4. The molecule has 0 spiro atoms. The summed E-state index contributed by atoms with van der Waals surface area (Å²) in [5, 5.41) is 25.3. The first-order chi connectivity index (χ1) is 12.4. The maximum absolute atomic E-state index is 12.4. The zero-order chi connectivity index (χ0) is 18.6. The van der Waals surface area contributed by atoms with E-state index in [1.54, 1.807) is 0 Å². The fraction of sp³-hybridized carbons (Fsp3) is 0.308. The molecule has 26 heavy (non-hydrogen) atoms. The molecule has 2 amide bonds. The van der Waals surface area contributed by atoms with Gasteiger partial charge in [0.15, 0.2) is 10.8 Å². The molecule has 4 heterocycles. The van der Waals surface area contributed by atoms with E-state index >= 15 is 0 Å². The molecule has 1 fully saturated rings. The van der Waals surface area contributed by atoms with Crippen LogP contribution in [0.5, 0.6) is 0 Å². The smallest absolute Gasteiger partial charge is 0.357 e. The molecule has 0 aromatic carbocycles. The lowest BCUT2D eigenvalue weighted by Gasteiger charge is -2.48. The van der Waals surface area contributed by atoms with Crippen molar-refractivity contribution in [3.8, 4) is 0 Å². The minimum absolute atomic E-state index is 0.0278. The number of aromatic nitrogens is 1. The summed E-state index contributed by atoms with van der Waals surface area (Å²) < 4.78 is 4.72. The van der Waals surface area contributed by atoms with E-state index in [9.17, 15) is 19.5 Å². The number of cyclic esters (lactones) is 1. The molecule has 0 aliphatic carbocycles. The Morgan fingerprint density at radius 1 is 1.50 bits per heavy atom. The largest absolute Gasteiger partial charge is 0.427 e. The number of carbonyl (C=O) groups excluding carboxylic acids is 3. The lowest BCUT2D eigenvalue weighted by Crippen LogP contribution is -2.70. The summed E-state index contributed by atoms with van der Waals surface area (Å²) in [7, 11) is 0. The number of anilines is 1. The number of nitrogens with one attached hydrogen (secondary N) is 1. The van der Waals surface area contributed by atoms with Crippen LogP contribution in [0.15, 0.2) is 21.8 Å². The van der Waals surface area contributed by atoms with Gasteiger partial charge in [-0.1, -0.05) is 5.16 Å². The van der Waals surface area contributed by atoms with Crippen LogP contribution in [0.25, 0.3) is 0 Å². The number of aliphatic hydroxyl groups excluding tert-OH is 1. The Morgan fingerprint density at radius 3 is 2.92 bits per heavy atom. The van der Waals surface area contributed by atoms with Crippen LogP contribution in [0.4, 0.5) is 5.13 Å². The molecular weight excluding hydrogens is 386 g/mol. The number of aliphatic hydroxyl groups is 1. The van der Waals surface area contributed by atoms with Crippen molar-refractivity contribution in [3.63, 3.8) is 0 Å². The van der Waals surface area contributed by atoms with E-state index in [-0.39, 0.29) is 28.0 Å². The number of oxime groups is 1. The summed E-state index contributed by atoms with van der Waals surface area (Å²) in [6.45, 7) is 0. The van der Waals surface area contributed by atoms with Crippen molar-refractivity contribution in [3.05, 3.63) is 22.3 Å². The summed E-state index contributed by atoms with van der Waals surface area (Å²) in [4.78, 5) is 41.7. The highest BCUT2D eigenvalue weighted by Gasteiger charge is 2.57. The number of thiazole rings is 1. The van der Waals surface area contributed by atoms with E-state index in [4.69, 9.17) is 15.7 Å². The van der Waals surface area contributed by atoms with Crippen LogP contribution >= 0.6 is 23.1 Å². The van der Waals surface area contributed by atoms with Gasteiger partial charge in [-0.15, -0.1) is 23.1 Å². The zero-order valence-corrected chi connectivity index (χ0v) is 14.4. The minimum Gasteiger partial charge on any atom is -0.427 e.